The molecule has 1 unspecified atom stereocenters. The van der Waals surface area contributed by atoms with Crippen molar-refractivity contribution < 1.29 is 23.5 Å². The van der Waals surface area contributed by atoms with Crippen LogP contribution in [0.1, 0.15) is 41.0 Å². The Kier molecular flexibility index (Phi) is 6.34. The van der Waals surface area contributed by atoms with Gasteiger partial charge < -0.3 is 19.2 Å². The first-order valence-electron chi connectivity index (χ1n) is 10.2. The topological polar surface area (TPSA) is 94.8 Å². The molecule has 1 heterocycles. The summed E-state index contributed by atoms with van der Waals surface area (Å²) in [6.07, 6.45) is -0.308. The van der Waals surface area contributed by atoms with Gasteiger partial charge in [-0.25, -0.2) is 14.4 Å². The fraction of sp³-hybridized carbons (Fsp3) is 0.375. The van der Waals surface area contributed by atoms with Crippen molar-refractivity contribution in [3.8, 4) is 5.75 Å². The molecule has 31 heavy (non-hydrogen) atoms. The molecule has 0 aliphatic rings. The van der Waals surface area contributed by atoms with Crippen molar-refractivity contribution in [2.24, 2.45) is 5.92 Å². The van der Waals surface area contributed by atoms with Gasteiger partial charge >= 0.3 is 17.7 Å². The molecule has 0 aliphatic carbocycles. The fourth-order valence-corrected chi connectivity index (χ4v) is 3.25. The third-order valence-corrected chi connectivity index (χ3v) is 4.49. The van der Waals surface area contributed by atoms with Gasteiger partial charge in [0.15, 0.2) is 0 Å². The van der Waals surface area contributed by atoms with Crippen molar-refractivity contribution in [1.29, 1.82) is 0 Å². The van der Waals surface area contributed by atoms with E-state index in [-0.39, 0.29) is 11.7 Å². The Labute approximate surface area is 180 Å². The zero-order chi connectivity index (χ0) is 22.8. The van der Waals surface area contributed by atoms with Crippen LogP contribution < -0.4 is 15.7 Å². The van der Waals surface area contributed by atoms with Crippen LogP contribution in [0.3, 0.4) is 0 Å². The normalized spacial score (nSPS) is 12.7. The first kappa shape index (κ1) is 22.3. The molecule has 0 fully saturated rings. The number of amides is 1. The van der Waals surface area contributed by atoms with Gasteiger partial charge in [0.1, 0.15) is 23.0 Å². The zero-order valence-electron chi connectivity index (χ0n) is 18.4. The molecule has 0 radical (unpaired) electrons. The summed E-state index contributed by atoms with van der Waals surface area (Å²) in [6, 6.07) is 11.1. The minimum absolute atomic E-state index is 0.133. The van der Waals surface area contributed by atoms with E-state index in [2.05, 4.69) is 5.32 Å². The maximum absolute atomic E-state index is 12.8. The summed E-state index contributed by atoms with van der Waals surface area (Å²) < 4.78 is 16.2. The highest BCUT2D eigenvalue weighted by Crippen LogP contribution is 2.26. The lowest BCUT2D eigenvalue weighted by Crippen LogP contribution is -2.45. The lowest BCUT2D eigenvalue weighted by molar-refractivity contribution is -0.137. The van der Waals surface area contributed by atoms with Gasteiger partial charge in [0.2, 0.25) is 0 Å². The van der Waals surface area contributed by atoms with E-state index >= 15 is 0 Å². The Hall–Kier alpha value is -3.35. The van der Waals surface area contributed by atoms with E-state index in [0.717, 1.165) is 10.8 Å². The third kappa shape index (κ3) is 5.63. The molecule has 7 heteroatoms. The van der Waals surface area contributed by atoms with Crippen LogP contribution in [0.25, 0.3) is 21.7 Å². The molecule has 164 valence electrons. The van der Waals surface area contributed by atoms with Crippen LogP contribution >= 0.6 is 0 Å². The largest absolute Gasteiger partial charge is 0.444 e. The number of hydrogen-bond acceptors (Lipinski definition) is 6. The predicted octanol–water partition coefficient (Wildman–Crippen LogP) is 4.79. The molecular formula is C24H27NO6. The highest BCUT2D eigenvalue weighted by Gasteiger charge is 2.27. The van der Waals surface area contributed by atoms with Crippen LogP contribution in [0.15, 0.2) is 51.7 Å². The van der Waals surface area contributed by atoms with Crippen LogP contribution in [0, 0.1) is 5.92 Å². The molecule has 1 atom stereocenters. The molecule has 2 aromatic carbocycles. The molecule has 0 spiro atoms. The van der Waals surface area contributed by atoms with Crippen LogP contribution in [0.2, 0.25) is 0 Å². The summed E-state index contributed by atoms with van der Waals surface area (Å²) in [4.78, 5) is 37.2. The molecule has 3 rings (SSSR count). The van der Waals surface area contributed by atoms with Crippen LogP contribution in [0.5, 0.6) is 5.75 Å². The van der Waals surface area contributed by atoms with Crippen LogP contribution in [0.4, 0.5) is 4.79 Å². The summed E-state index contributed by atoms with van der Waals surface area (Å²) in [5.41, 5.74) is -0.833. The van der Waals surface area contributed by atoms with E-state index in [4.69, 9.17) is 13.9 Å². The van der Waals surface area contributed by atoms with Crippen LogP contribution in [-0.2, 0) is 9.53 Å². The number of esters is 1. The summed E-state index contributed by atoms with van der Waals surface area (Å²) in [5.74, 6) is -0.272. The summed E-state index contributed by atoms with van der Waals surface area (Å²) in [5, 5.41) is 4.57. The van der Waals surface area contributed by atoms with Crippen molar-refractivity contribution in [3.63, 3.8) is 0 Å². The smallest absolute Gasteiger partial charge is 0.408 e. The average molecular weight is 425 g/mol. The molecule has 0 saturated carbocycles. The quantitative estimate of drug-likeness (QED) is 0.273. The van der Waals surface area contributed by atoms with Crippen molar-refractivity contribution >= 4 is 33.8 Å². The van der Waals surface area contributed by atoms with Crippen molar-refractivity contribution in [1.82, 2.24) is 5.32 Å². The Morgan fingerprint density at radius 2 is 1.71 bits per heavy atom. The monoisotopic (exact) mass is 425 g/mol. The van der Waals surface area contributed by atoms with E-state index in [1.807, 2.05) is 26.0 Å². The number of nitrogens with one attached hydrogen (secondary N) is 1. The van der Waals surface area contributed by atoms with Gasteiger partial charge in [0, 0.05) is 11.5 Å². The summed E-state index contributed by atoms with van der Waals surface area (Å²) in [7, 11) is 0. The van der Waals surface area contributed by atoms with Gasteiger partial charge in [-0.3, -0.25) is 0 Å². The molecule has 0 saturated heterocycles. The minimum atomic E-state index is -0.880. The second-order valence-corrected chi connectivity index (χ2v) is 8.84. The summed E-state index contributed by atoms with van der Waals surface area (Å²) >= 11 is 0. The molecule has 1 aromatic heterocycles. The van der Waals surface area contributed by atoms with E-state index < -0.39 is 29.3 Å². The summed E-state index contributed by atoms with van der Waals surface area (Å²) in [6.45, 7) is 9.11. The Morgan fingerprint density at radius 3 is 2.35 bits per heavy atom. The number of carbonyl (C=O) groups is 2. The second kappa shape index (κ2) is 8.79. The molecule has 0 bridgehead atoms. The Bertz CT molecular complexity index is 1170. The molecule has 3 aromatic rings. The Balaban J connectivity index is 1.84. The highest BCUT2D eigenvalue weighted by molar-refractivity contribution is 6.04. The number of ether oxygens (including phenoxy) is 2. The Morgan fingerprint density at radius 1 is 1.03 bits per heavy atom. The SMILES string of the molecule is CC(C)CC(NC(=O)OC(C)(C)C)C(=O)Oc1ccc2c(c1)oc(=O)c1ccccc12. The molecule has 1 N–H and O–H groups in total. The van der Waals surface area contributed by atoms with Crippen molar-refractivity contribution in [3.05, 3.63) is 52.9 Å². The number of benzene rings is 2. The number of fused-ring (bicyclic) bond motifs is 3. The lowest BCUT2D eigenvalue weighted by Gasteiger charge is -2.23. The lowest BCUT2D eigenvalue weighted by atomic mass is 10.0. The number of hydrogen-bond donors (Lipinski definition) is 1. The minimum Gasteiger partial charge on any atom is -0.444 e. The number of rotatable bonds is 5. The molecule has 0 aliphatic heterocycles. The average Bonchev–Trinajstić information content (AvgIpc) is 2.65. The van der Waals surface area contributed by atoms with Gasteiger partial charge in [-0.15, -0.1) is 0 Å². The third-order valence-electron chi connectivity index (χ3n) is 4.49. The second-order valence-electron chi connectivity index (χ2n) is 8.84. The van der Waals surface area contributed by atoms with Gasteiger partial charge in [-0.1, -0.05) is 32.0 Å². The molecule has 1 amide bonds. The molecule has 7 nitrogen and oxygen atoms in total. The van der Waals surface area contributed by atoms with Gasteiger partial charge in [0.05, 0.1) is 5.39 Å². The molecular weight excluding hydrogens is 398 g/mol. The van der Waals surface area contributed by atoms with Crippen molar-refractivity contribution in [2.75, 3.05) is 0 Å². The first-order chi connectivity index (χ1) is 14.5. The maximum Gasteiger partial charge on any atom is 0.408 e. The van der Waals surface area contributed by atoms with E-state index in [9.17, 15) is 14.4 Å². The predicted molar refractivity (Wildman–Crippen MR) is 118 cm³/mol. The van der Waals surface area contributed by atoms with E-state index in [0.29, 0.717) is 17.4 Å². The number of carbonyl (C=O) groups excluding carboxylic acids is 2. The van der Waals surface area contributed by atoms with Crippen molar-refractivity contribution in [2.45, 2.75) is 52.7 Å². The number of alkyl carbamates (subject to hydrolysis) is 1. The van der Waals surface area contributed by atoms with E-state index in [1.165, 1.54) is 6.07 Å². The standard InChI is InChI=1S/C24H27NO6/c1-14(2)12-19(25-23(28)31-24(3,4)5)22(27)29-15-10-11-17-16-8-6-7-9-18(16)21(26)30-20(17)13-15/h6-11,13-14,19H,12H2,1-5H3,(H,25,28). The van der Waals surface area contributed by atoms with E-state index in [1.54, 1.807) is 45.0 Å². The fourth-order valence-electron chi connectivity index (χ4n) is 3.25. The van der Waals surface area contributed by atoms with Crippen LogP contribution in [-0.4, -0.2) is 23.7 Å². The van der Waals surface area contributed by atoms with Gasteiger partial charge in [-0.05, 0) is 56.7 Å². The zero-order valence-corrected chi connectivity index (χ0v) is 18.4. The van der Waals surface area contributed by atoms with Gasteiger partial charge in [0.25, 0.3) is 0 Å². The maximum atomic E-state index is 12.8. The first-order valence-corrected chi connectivity index (χ1v) is 10.2. The van der Waals surface area contributed by atoms with Gasteiger partial charge in [-0.2, -0.15) is 0 Å². The highest BCUT2D eigenvalue weighted by atomic mass is 16.6.